The molecule has 102 valence electrons. The first kappa shape index (κ1) is 16.3. The first-order valence-corrected chi connectivity index (χ1v) is 6.88. The minimum atomic E-state index is -3.57. The summed E-state index contributed by atoms with van der Waals surface area (Å²) in [7, 11) is -2.14. The van der Waals surface area contributed by atoms with Crippen LogP contribution in [-0.2, 0) is 19.6 Å². The minimum Gasteiger partial charge on any atom is -0.480 e. The van der Waals surface area contributed by atoms with Crippen molar-refractivity contribution >= 4 is 16.0 Å². The Balaban J connectivity index is 4.82. The molecule has 0 aliphatic heterocycles. The molecule has 0 aromatic heterocycles. The SMILES string of the molecule is COCCN(CC(=O)O)S(=O)(=O)CC(C)(C)C. The summed E-state index contributed by atoms with van der Waals surface area (Å²) in [6.45, 7) is 5.08. The van der Waals surface area contributed by atoms with Gasteiger partial charge < -0.3 is 9.84 Å². The molecule has 0 rings (SSSR count). The number of carbonyl (C=O) groups is 1. The third-order valence-corrected chi connectivity index (χ3v) is 4.19. The normalized spacial score (nSPS) is 13.0. The van der Waals surface area contributed by atoms with Gasteiger partial charge in [0.2, 0.25) is 10.0 Å². The zero-order valence-corrected chi connectivity index (χ0v) is 11.6. The molecule has 0 aromatic carbocycles. The maximum absolute atomic E-state index is 12.0. The summed E-state index contributed by atoms with van der Waals surface area (Å²) >= 11 is 0. The number of sulfonamides is 1. The molecule has 0 bridgehead atoms. The monoisotopic (exact) mass is 267 g/mol. The molecule has 1 N–H and O–H groups in total. The van der Waals surface area contributed by atoms with Crippen molar-refractivity contribution in [3.63, 3.8) is 0 Å². The molecule has 0 aliphatic rings. The fourth-order valence-electron chi connectivity index (χ4n) is 1.30. The van der Waals surface area contributed by atoms with Crippen LogP contribution in [0.25, 0.3) is 0 Å². The average molecular weight is 267 g/mol. The molecular formula is C10H21NO5S. The number of ether oxygens (including phenoxy) is 1. The third kappa shape index (κ3) is 7.30. The number of methoxy groups -OCH3 is 1. The summed E-state index contributed by atoms with van der Waals surface area (Å²) in [5.41, 5.74) is -0.414. The molecule has 7 heteroatoms. The Morgan fingerprint density at radius 1 is 1.35 bits per heavy atom. The minimum absolute atomic E-state index is 0.0568. The van der Waals surface area contributed by atoms with Crippen LogP contribution in [0.15, 0.2) is 0 Å². The summed E-state index contributed by atoms with van der Waals surface area (Å²) in [5.74, 6) is -1.25. The molecule has 6 nitrogen and oxygen atoms in total. The van der Waals surface area contributed by atoms with Crippen molar-refractivity contribution < 1.29 is 23.1 Å². The Labute approximate surface area is 103 Å². The van der Waals surface area contributed by atoms with Crippen LogP contribution in [0.4, 0.5) is 0 Å². The van der Waals surface area contributed by atoms with Crippen LogP contribution in [0.2, 0.25) is 0 Å². The lowest BCUT2D eigenvalue weighted by Gasteiger charge is -2.25. The quantitative estimate of drug-likeness (QED) is 0.721. The van der Waals surface area contributed by atoms with Crippen molar-refractivity contribution in [2.75, 3.05) is 32.6 Å². The van der Waals surface area contributed by atoms with E-state index in [1.165, 1.54) is 7.11 Å². The Kier molecular flexibility index (Phi) is 6.08. The van der Waals surface area contributed by atoms with Gasteiger partial charge in [-0.3, -0.25) is 4.79 Å². The lowest BCUT2D eigenvalue weighted by Crippen LogP contribution is -2.41. The van der Waals surface area contributed by atoms with Crippen LogP contribution in [0.5, 0.6) is 0 Å². The van der Waals surface area contributed by atoms with Gasteiger partial charge in [-0.15, -0.1) is 0 Å². The van der Waals surface area contributed by atoms with Crippen molar-refractivity contribution in [3.8, 4) is 0 Å². The number of nitrogens with zero attached hydrogens (tertiary/aromatic N) is 1. The van der Waals surface area contributed by atoms with E-state index in [9.17, 15) is 13.2 Å². The lowest BCUT2D eigenvalue weighted by molar-refractivity contribution is -0.137. The number of carboxylic acid groups (broad SMARTS) is 1. The molecule has 0 heterocycles. The van der Waals surface area contributed by atoms with Crippen LogP contribution in [-0.4, -0.2) is 56.4 Å². The molecule has 0 saturated heterocycles. The highest BCUT2D eigenvalue weighted by Crippen LogP contribution is 2.18. The van der Waals surface area contributed by atoms with Gasteiger partial charge in [0.1, 0.15) is 6.54 Å². The maximum Gasteiger partial charge on any atom is 0.318 e. The van der Waals surface area contributed by atoms with Gasteiger partial charge in [0, 0.05) is 13.7 Å². The van der Waals surface area contributed by atoms with E-state index in [2.05, 4.69) is 0 Å². The van der Waals surface area contributed by atoms with Crippen molar-refractivity contribution in [3.05, 3.63) is 0 Å². The molecule has 0 spiro atoms. The smallest absolute Gasteiger partial charge is 0.318 e. The zero-order chi connectivity index (χ0) is 13.7. The average Bonchev–Trinajstić information content (AvgIpc) is 2.07. The molecule has 0 atom stereocenters. The van der Waals surface area contributed by atoms with Gasteiger partial charge in [-0.2, -0.15) is 4.31 Å². The summed E-state index contributed by atoms with van der Waals surface area (Å²) in [5, 5.41) is 8.70. The standard InChI is InChI=1S/C10H21NO5S/c1-10(2,3)8-17(14,15)11(5-6-16-4)7-9(12)13/h5-8H2,1-4H3,(H,12,13). The van der Waals surface area contributed by atoms with E-state index in [-0.39, 0.29) is 18.9 Å². The molecule has 0 aliphatic carbocycles. The highest BCUT2D eigenvalue weighted by Gasteiger charge is 2.29. The summed E-state index contributed by atoms with van der Waals surface area (Å²) < 4.78 is 29.7. The van der Waals surface area contributed by atoms with Crippen LogP contribution in [0.1, 0.15) is 20.8 Å². The van der Waals surface area contributed by atoms with Crippen LogP contribution in [0, 0.1) is 5.41 Å². The first-order valence-electron chi connectivity index (χ1n) is 5.27. The van der Waals surface area contributed by atoms with Crippen molar-refractivity contribution in [2.24, 2.45) is 5.41 Å². The van der Waals surface area contributed by atoms with Gasteiger partial charge >= 0.3 is 5.97 Å². The Morgan fingerprint density at radius 3 is 2.24 bits per heavy atom. The molecule has 0 aromatic rings. The van der Waals surface area contributed by atoms with E-state index in [0.717, 1.165) is 4.31 Å². The highest BCUT2D eigenvalue weighted by atomic mass is 32.2. The van der Waals surface area contributed by atoms with Crippen LogP contribution < -0.4 is 0 Å². The van der Waals surface area contributed by atoms with Crippen molar-refractivity contribution in [2.45, 2.75) is 20.8 Å². The molecule has 0 amide bonds. The van der Waals surface area contributed by atoms with Gasteiger partial charge in [-0.25, -0.2) is 8.42 Å². The zero-order valence-electron chi connectivity index (χ0n) is 10.8. The number of hydrogen-bond acceptors (Lipinski definition) is 4. The third-order valence-electron chi connectivity index (χ3n) is 1.87. The van der Waals surface area contributed by atoms with E-state index < -0.39 is 28.0 Å². The molecule has 17 heavy (non-hydrogen) atoms. The Bertz CT molecular complexity index is 344. The van der Waals surface area contributed by atoms with E-state index in [1.54, 1.807) is 20.8 Å². The van der Waals surface area contributed by atoms with Gasteiger partial charge in [0.15, 0.2) is 0 Å². The second-order valence-electron chi connectivity index (χ2n) is 5.04. The van der Waals surface area contributed by atoms with Crippen molar-refractivity contribution in [1.29, 1.82) is 0 Å². The number of hydrogen-bond donors (Lipinski definition) is 1. The van der Waals surface area contributed by atoms with E-state index in [4.69, 9.17) is 9.84 Å². The summed E-state index contributed by atoms with van der Waals surface area (Å²) in [6, 6.07) is 0. The predicted octanol–water partition coefficient (Wildman–Crippen LogP) is 0.395. The highest BCUT2D eigenvalue weighted by molar-refractivity contribution is 7.89. The predicted molar refractivity (Wildman–Crippen MR) is 64.3 cm³/mol. The van der Waals surface area contributed by atoms with Gasteiger partial charge in [-0.1, -0.05) is 20.8 Å². The van der Waals surface area contributed by atoms with E-state index in [1.807, 2.05) is 0 Å². The largest absolute Gasteiger partial charge is 0.480 e. The molecule has 0 unspecified atom stereocenters. The van der Waals surface area contributed by atoms with Crippen LogP contribution in [0.3, 0.4) is 0 Å². The maximum atomic E-state index is 12.0. The van der Waals surface area contributed by atoms with E-state index in [0.29, 0.717) is 0 Å². The fraction of sp³-hybridized carbons (Fsp3) is 0.900. The number of aliphatic carboxylic acids is 1. The number of rotatable bonds is 7. The van der Waals surface area contributed by atoms with Gasteiger partial charge in [0.05, 0.1) is 12.4 Å². The molecule has 0 saturated carbocycles. The molecule has 0 radical (unpaired) electrons. The molecule has 0 fully saturated rings. The van der Waals surface area contributed by atoms with Gasteiger partial charge in [0.25, 0.3) is 0 Å². The Hall–Kier alpha value is -0.660. The number of carboxylic acids is 1. The fourth-order valence-corrected chi connectivity index (χ4v) is 3.24. The second-order valence-corrected chi connectivity index (χ2v) is 7.01. The second kappa shape index (κ2) is 6.32. The Morgan fingerprint density at radius 2 is 1.88 bits per heavy atom. The van der Waals surface area contributed by atoms with Crippen LogP contribution >= 0.6 is 0 Å². The lowest BCUT2D eigenvalue weighted by atomic mass is 10.0. The first-order chi connectivity index (χ1) is 7.58. The van der Waals surface area contributed by atoms with E-state index >= 15 is 0 Å². The topological polar surface area (TPSA) is 83.9 Å². The van der Waals surface area contributed by atoms with Gasteiger partial charge in [-0.05, 0) is 5.41 Å². The summed E-state index contributed by atoms with van der Waals surface area (Å²) in [4.78, 5) is 10.6. The summed E-state index contributed by atoms with van der Waals surface area (Å²) in [6.07, 6.45) is 0. The molecular weight excluding hydrogens is 246 g/mol. The van der Waals surface area contributed by atoms with Crippen molar-refractivity contribution in [1.82, 2.24) is 4.31 Å².